The minimum absolute atomic E-state index is 0.0160. The molecule has 0 radical (unpaired) electrons. The van der Waals surface area contributed by atoms with Crippen LogP contribution in [-0.2, 0) is 11.3 Å². The van der Waals surface area contributed by atoms with Crippen LogP contribution in [-0.4, -0.2) is 47.0 Å². The van der Waals surface area contributed by atoms with Crippen LogP contribution in [0.3, 0.4) is 0 Å². The van der Waals surface area contributed by atoms with E-state index in [1.807, 2.05) is 24.6 Å². The third-order valence-electron chi connectivity index (χ3n) is 5.05. The Bertz CT molecular complexity index is 1040. The summed E-state index contributed by atoms with van der Waals surface area (Å²) >= 11 is 7.76. The predicted octanol–water partition coefficient (Wildman–Crippen LogP) is 4.31. The van der Waals surface area contributed by atoms with E-state index in [1.165, 1.54) is 11.3 Å². The van der Waals surface area contributed by atoms with Gasteiger partial charge in [-0.15, -0.1) is 0 Å². The van der Waals surface area contributed by atoms with Crippen molar-refractivity contribution < 1.29 is 14.3 Å². The van der Waals surface area contributed by atoms with Crippen molar-refractivity contribution in [3.8, 4) is 5.75 Å². The summed E-state index contributed by atoms with van der Waals surface area (Å²) in [6.45, 7) is 5.80. The van der Waals surface area contributed by atoms with Gasteiger partial charge in [-0.3, -0.25) is 14.4 Å². The Morgan fingerprint density at radius 3 is 2.97 bits per heavy atom. The van der Waals surface area contributed by atoms with Crippen LogP contribution in [0, 0.1) is 6.92 Å². The molecular formula is C20H23ClN4O3S. The number of hydrogen-bond donors (Lipinski definition) is 0. The molecule has 1 atom stereocenters. The highest BCUT2D eigenvalue weighted by Gasteiger charge is 2.29. The zero-order valence-electron chi connectivity index (χ0n) is 16.6. The summed E-state index contributed by atoms with van der Waals surface area (Å²) in [6.07, 6.45) is 1.90. The zero-order chi connectivity index (χ0) is 20.5. The number of fused-ring (bicyclic) bond motifs is 1. The Morgan fingerprint density at radius 1 is 1.48 bits per heavy atom. The van der Waals surface area contributed by atoms with Gasteiger partial charge in [0.25, 0.3) is 5.91 Å². The van der Waals surface area contributed by atoms with Gasteiger partial charge in [-0.05, 0) is 44.9 Å². The molecule has 0 aliphatic carbocycles. The molecule has 0 N–H and O–H groups in total. The highest BCUT2D eigenvalue weighted by atomic mass is 35.5. The Hall–Kier alpha value is -2.16. The van der Waals surface area contributed by atoms with Crippen molar-refractivity contribution in [2.75, 3.05) is 25.2 Å². The average Bonchev–Trinajstić information content (AvgIpc) is 3.45. The highest BCUT2D eigenvalue weighted by molar-refractivity contribution is 7.23. The van der Waals surface area contributed by atoms with Crippen molar-refractivity contribution in [3.05, 3.63) is 34.6 Å². The molecule has 1 fully saturated rings. The van der Waals surface area contributed by atoms with Crippen molar-refractivity contribution in [1.82, 2.24) is 14.8 Å². The van der Waals surface area contributed by atoms with Crippen LogP contribution in [0.4, 0.5) is 5.13 Å². The standard InChI is InChI=1S/C20H23ClN4O3S/c1-4-25-12(2)10-15(23-25)19(26)24(11-13-6-5-9-28-13)20-22-17-16(27-3)8-7-14(21)18(17)29-20/h7-8,10,13H,4-6,9,11H2,1-3H3/t13-/m0/s1. The second-order valence-corrected chi connectivity index (χ2v) is 8.35. The first-order chi connectivity index (χ1) is 14.0. The number of carbonyl (C=O) groups excluding carboxylic acids is 1. The Balaban J connectivity index is 1.76. The summed E-state index contributed by atoms with van der Waals surface area (Å²) in [5.74, 6) is 0.437. The number of aryl methyl sites for hydroxylation is 2. The quantitative estimate of drug-likeness (QED) is 0.578. The molecular weight excluding hydrogens is 412 g/mol. The number of methoxy groups -OCH3 is 1. The summed E-state index contributed by atoms with van der Waals surface area (Å²) in [7, 11) is 1.59. The fourth-order valence-corrected chi connectivity index (χ4v) is 4.80. The number of halogens is 1. The number of aromatic nitrogens is 3. The number of hydrogen-bond acceptors (Lipinski definition) is 6. The van der Waals surface area contributed by atoms with E-state index >= 15 is 0 Å². The fraction of sp³-hybridized carbons (Fsp3) is 0.450. The first-order valence-electron chi connectivity index (χ1n) is 9.62. The maximum Gasteiger partial charge on any atom is 0.280 e. The van der Waals surface area contributed by atoms with Gasteiger partial charge in [0.1, 0.15) is 11.3 Å². The molecule has 3 heterocycles. The summed E-state index contributed by atoms with van der Waals surface area (Å²) < 4.78 is 13.8. The van der Waals surface area contributed by atoms with Gasteiger partial charge in [0.05, 0.1) is 29.5 Å². The Labute approximate surface area is 178 Å². The highest BCUT2D eigenvalue weighted by Crippen LogP contribution is 2.39. The lowest BCUT2D eigenvalue weighted by Crippen LogP contribution is -2.37. The number of anilines is 1. The Kier molecular flexibility index (Phi) is 5.76. The van der Waals surface area contributed by atoms with Gasteiger partial charge in [0, 0.05) is 18.8 Å². The Morgan fingerprint density at radius 2 is 2.31 bits per heavy atom. The van der Waals surface area contributed by atoms with E-state index in [4.69, 9.17) is 26.1 Å². The van der Waals surface area contributed by atoms with Crippen LogP contribution >= 0.6 is 22.9 Å². The van der Waals surface area contributed by atoms with E-state index in [0.29, 0.717) is 40.2 Å². The van der Waals surface area contributed by atoms with Gasteiger partial charge in [-0.1, -0.05) is 22.9 Å². The van der Waals surface area contributed by atoms with Crippen LogP contribution in [0.2, 0.25) is 5.02 Å². The van der Waals surface area contributed by atoms with Gasteiger partial charge < -0.3 is 9.47 Å². The predicted molar refractivity (Wildman–Crippen MR) is 114 cm³/mol. The topological polar surface area (TPSA) is 69.5 Å². The van der Waals surface area contributed by atoms with Crippen LogP contribution < -0.4 is 9.64 Å². The largest absolute Gasteiger partial charge is 0.494 e. The van der Waals surface area contributed by atoms with E-state index < -0.39 is 0 Å². The van der Waals surface area contributed by atoms with Gasteiger partial charge in [-0.25, -0.2) is 4.98 Å². The van der Waals surface area contributed by atoms with Gasteiger partial charge in [0.2, 0.25) is 0 Å². The van der Waals surface area contributed by atoms with E-state index in [1.54, 1.807) is 24.1 Å². The molecule has 2 aromatic heterocycles. The first-order valence-corrected chi connectivity index (χ1v) is 10.8. The summed E-state index contributed by atoms with van der Waals surface area (Å²) in [6, 6.07) is 5.38. The van der Waals surface area contributed by atoms with Crippen LogP contribution in [0.1, 0.15) is 35.9 Å². The van der Waals surface area contributed by atoms with E-state index in [2.05, 4.69) is 5.10 Å². The SMILES string of the molecule is CCn1nc(C(=O)N(C[C@@H]2CCCO2)c2nc3c(OC)ccc(Cl)c3s2)cc1C. The number of amides is 1. The number of nitrogens with zero attached hydrogens (tertiary/aromatic N) is 4. The second-order valence-electron chi connectivity index (χ2n) is 6.96. The van der Waals surface area contributed by atoms with Crippen LogP contribution in [0.5, 0.6) is 5.75 Å². The fourth-order valence-electron chi connectivity index (χ4n) is 3.53. The first kappa shape index (κ1) is 20.1. The van der Waals surface area contributed by atoms with E-state index in [9.17, 15) is 4.79 Å². The number of ether oxygens (including phenoxy) is 2. The summed E-state index contributed by atoms with van der Waals surface area (Å²) in [5, 5.41) is 5.61. The minimum Gasteiger partial charge on any atom is -0.494 e. The lowest BCUT2D eigenvalue weighted by molar-refractivity contribution is 0.0912. The monoisotopic (exact) mass is 434 g/mol. The number of thiazole rings is 1. The lowest BCUT2D eigenvalue weighted by atomic mass is 10.2. The van der Waals surface area contributed by atoms with Crippen molar-refractivity contribution in [3.63, 3.8) is 0 Å². The maximum absolute atomic E-state index is 13.4. The molecule has 1 aliphatic rings. The maximum atomic E-state index is 13.4. The van der Waals surface area contributed by atoms with Crippen molar-refractivity contribution in [2.24, 2.45) is 0 Å². The number of benzene rings is 1. The second kappa shape index (κ2) is 8.30. The lowest BCUT2D eigenvalue weighted by Gasteiger charge is -2.22. The molecule has 0 bridgehead atoms. The normalized spacial score (nSPS) is 16.5. The molecule has 0 spiro atoms. The molecule has 3 aromatic rings. The molecule has 1 saturated heterocycles. The summed E-state index contributed by atoms with van der Waals surface area (Å²) in [5.41, 5.74) is 2.00. The van der Waals surface area contributed by atoms with E-state index in [-0.39, 0.29) is 12.0 Å². The molecule has 0 saturated carbocycles. The number of rotatable bonds is 6. The smallest absolute Gasteiger partial charge is 0.280 e. The van der Waals surface area contributed by atoms with Crippen molar-refractivity contribution in [2.45, 2.75) is 39.3 Å². The molecule has 29 heavy (non-hydrogen) atoms. The molecule has 0 unspecified atom stereocenters. The van der Waals surface area contributed by atoms with Crippen molar-refractivity contribution >= 4 is 44.2 Å². The third-order valence-corrected chi connectivity index (χ3v) is 6.59. The molecule has 7 nitrogen and oxygen atoms in total. The molecule has 1 aliphatic heterocycles. The zero-order valence-corrected chi connectivity index (χ0v) is 18.2. The average molecular weight is 435 g/mol. The molecule has 1 amide bonds. The molecule has 4 rings (SSSR count). The van der Waals surface area contributed by atoms with Crippen molar-refractivity contribution in [1.29, 1.82) is 0 Å². The van der Waals surface area contributed by atoms with Crippen LogP contribution in [0.15, 0.2) is 18.2 Å². The van der Waals surface area contributed by atoms with Gasteiger partial charge in [0.15, 0.2) is 10.8 Å². The van der Waals surface area contributed by atoms with Gasteiger partial charge >= 0.3 is 0 Å². The number of carbonyl (C=O) groups is 1. The summed E-state index contributed by atoms with van der Waals surface area (Å²) in [4.78, 5) is 19.8. The van der Waals surface area contributed by atoms with Gasteiger partial charge in [-0.2, -0.15) is 5.10 Å². The third kappa shape index (κ3) is 3.84. The minimum atomic E-state index is -0.190. The molecule has 1 aromatic carbocycles. The van der Waals surface area contributed by atoms with E-state index in [0.717, 1.165) is 29.8 Å². The van der Waals surface area contributed by atoms with Crippen LogP contribution in [0.25, 0.3) is 10.2 Å². The molecule has 154 valence electrons. The molecule has 9 heteroatoms.